The third-order valence-corrected chi connectivity index (χ3v) is 3.99. The summed E-state index contributed by atoms with van der Waals surface area (Å²) in [5, 5.41) is 6.27. The van der Waals surface area contributed by atoms with Gasteiger partial charge in [0, 0.05) is 17.8 Å². The largest absolute Gasteiger partial charge is 0.497 e. The number of hydrogen-bond donors (Lipinski definition) is 2. The van der Waals surface area contributed by atoms with E-state index < -0.39 is 0 Å². The first-order valence-corrected chi connectivity index (χ1v) is 7.36. The van der Waals surface area contributed by atoms with Gasteiger partial charge in [0.05, 0.1) is 13.7 Å². The number of anilines is 1. The van der Waals surface area contributed by atoms with Crippen LogP contribution in [0, 0.1) is 5.92 Å². The van der Waals surface area contributed by atoms with Gasteiger partial charge in [-0.3, -0.25) is 4.79 Å². The molecular formula is C16H24N2O2. The van der Waals surface area contributed by atoms with Gasteiger partial charge in [0.1, 0.15) is 5.75 Å². The quantitative estimate of drug-likeness (QED) is 0.869. The lowest BCUT2D eigenvalue weighted by molar-refractivity contribution is -0.115. The standard InChI is InChI=1S/C16H24N2O2/c1-12-6-3-4-9-15(12)17-11-16(19)18-13-7-5-8-14(10-13)20-2/h5,7-8,10,12,15,17H,3-4,6,9,11H2,1-2H3,(H,18,19)/t12-,15-/m0/s1. The van der Waals surface area contributed by atoms with Crippen LogP contribution in [0.15, 0.2) is 24.3 Å². The number of hydrogen-bond acceptors (Lipinski definition) is 3. The van der Waals surface area contributed by atoms with E-state index >= 15 is 0 Å². The first kappa shape index (κ1) is 14.9. The molecule has 4 nitrogen and oxygen atoms in total. The number of carbonyl (C=O) groups is 1. The van der Waals surface area contributed by atoms with E-state index in [0.717, 1.165) is 11.4 Å². The molecule has 1 amide bonds. The van der Waals surface area contributed by atoms with Crippen LogP contribution in [0.25, 0.3) is 0 Å². The molecule has 1 aliphatic rings. The Balaban J connectivity index is 1.79. The molecule has 1 saturated carbocycles. The van der Waals surface area contributed by atoms with Crippen LogP contribution >= 0.6 is 0 Å². The molecule has 0 heterocycles. The second-order valence-electron chi connectivity index (χ2n) is 5.53. The van der Waals surface area contributed by atoms with Crippen molar-refractivity contribution in [3.63, 3.8) is 0 Å². The molecule has 0 saturated heterocycles. The molecular weight excluding hydrogens is 252 g/mol. The van der Waals surface area contributed by atoms with Gasteiger partial charge in [0.15, 0.2) is 0 Å². The SMILES string of the molecule is COc1cccc(NC(=O)CN[C@H]2CCCC[C@@H]2C)c1. The zero-order chi connectivity index (χ0) is 14.4. The summed E-state index contributed by atoms with van der Waals surface area (Å²) in [4.78, 5) is 11.9. The average molecular weight is 276 g/mol. The van der Waals surface area contributed by atoms with E-state index in [4.69, 9.17) is 4.74 Å². The Bertz CT molecular complexity index is 448. The molecule has 0 spiro atoms. The second-order valence-corrected chi connectivity index (χ2v) is 5.53. The van der Waals surface area contributed by atoms with Crippen molar-refractivity contribution in [1.82, 2.24) is 5.32 Å². The lowest BCUT2D eigenvalue weighted by atomic mass is 9.86. The van der Waals surface area contributed by atoms with Crippen LogP contribution in [0.2, 0.25) is 0 Å². The summed E-state index contributed by atoms with van der Waals surface area (Å²) in [6.07, 6.45) is 5.01. The summed E-state index contributed by atoms with van der Waals surface area (Å²) in [6, 6.07) is 7.88. The van der Waals surface area contributed by atoms with Crippen molar-refractivity contribution >= 4 is 11.6 Å². The molecule has 1 aromatic rings. The molecule has 20 heavy (non-hydrogen) atoms. The van der Waals surface area contributed by atoms with Crippen LogP contribution in [-0.2, 0) is 4.79 Å². The lowest BCUT2D eigenvalue weighted by Gasteiger charge is -2.29. The van der Waals surface area contributed by atoms with Gasteiger partial charge >= 0.3 is 0 Å². The second kappa shape index (κ2) is 7.29. The molecule has 1 aliphatic carbocycles. The predicted octanol–water partition coefficient (Wildman–Crippen LogP) is 2.80. The number of carbonyl (C=O) groups excluding carboxylic acids is 1. The molecule has 2 N–H and O–H groups in total. The van der Waals surface area contributed by atoms with Crippen LogP contribution in [-0.4, -0.2) is 25.6 Å². The minimum atomic E-state index is -0.00368. The van der Waals surface area contributed by atoms with Crippen LogP contribution in [0.4, 0.5) is 5.69 Å². The Morgan fingerprint density at radius 2 is 2.15 bits per heavy atom. The van der Waals surface area contributed by atoms with Crippen LogP contribution in [0.5, 0.6) is 5.75 Å². The van der Waals surface area contributed by atoms with Crippen LogP contribution in [0.3, 0.4) is 0 Å². The molecule has 0 unspecified atom stereocenters. The third kappa shape index (κ3) is 4.23. The maximum Gasteiger partial charge on any atom is 0.238 e. The fourth-order valence-corrected chi connectivity index (χ4v) is 2.75. The fourth-order valence-electron chi connectivity index (χ4n) is 2.75. The summed E-state index contributed by atoms with van der Waals surface area (Å²) in [7, 11) is 1.62. The molecule has 2 rings (SSSR count). The van der Waals surface area contributed by atoms with Crippen molar-refractivity contribution in [2.24, 2.45) is 5.92 Å². The molecule has 4 heteroatoms. The zero-order valence-electron chi connectivity index (χ0n) is 12.3. The molecule has 110 valence electrons. The topological polar surface area (TPSA) is 50.4 Å². The lowest BCUT2D eigenvalue weighted by Crippen LogP contribution is -2.41. The van der Waals surface area contributed by atoms with Gasteiger partial charge in [-0.25, -0.2) is 0 Å². The highest BCUT2D eigenvalue weighted by Gasteiger charge is 2.21. The Morgan fingerprint density at radius 1 is 1.35 bits per heavy atom. The summed E-state index contributed by atoms with van der Waals surface area (Å²) < 4.78 is 5.14. The number of rotatable bonds is 5. The van der Waals surface area contributed by atoms with Gasteiger partial charge in [-0.2, -0.15) is 0 Å². The Hall–Kier alpha value is -1.55. The highest BCUT2D eigenvalue weighted by Crippen LogP contribution is 2.23. The van der Waals surface area contributed by atoms with Crippen molar-refractivity contribution in [2.45, 2.75) is 38.6 Å². The van der Waals surface area contributed by atoms with Gasteiger partial charge in [-0.15, -0.1) is 0 Å². The maximum absolute atomic E-state index is 11.9. The van der Waals surface area contributed by atoms with E-state index in [-0.39, 0.29) is 5.91 Å². The maximum atomic E-state index is 11.9. The summed E-state index contributed by atoms with van der Waals surface area (Å²) in [6.45, 7) is 2.63. The molecule has 2 atom stereocenters. The van der Waals surface area contributed by atoms with Crippen LogP contribution in [0.1, 0.15) is 32.6 Å². The number of benzene rings is 1. The average Bonchev–Trinajstić information content (AvgIpc) is 2.46. The van der Waals surface area contributed by atoms with Gasteiger partial charge in [0.25, 0.3) is 0 Å². The van der Waals surface area contributed by atoms with Gasteiger partial charge in [-0.05, 0) is 30.9 Å². The normalized spacial score (nSPS) is 22.3. The van der Waals surface area contributed by atoms with Crippen molar-refractivity contribution in [2.75, 3.05) is 19.0 Å². The van der Waals surface area contributed by atoms with E-state index in [1.54, 1.807) is 7.11 Å². The van der Waals surface area contributed by atoms with E-state index in [0.29, 0.717) is 18.5 Å². The van der Waals surface area contributed by atoms with Crippen molar-refractivity contribution in [3.8, 4) is 5.75 Å². The van der Waals surface area contributed by atoms with E-state index in [1.807, 2.05) is 24.3 Å². The molecule has 0 radical (unpaired) electrons. The number of amides is 1. The number of nitrogens with one attached hydrogen (secondary N) is 2. The summed E-state index contributed by atoms with van der Waals surface area (Å²) >= 11 is 0. The van der Waals surface area contributed by atoms with Gasteiger partial charge in [-0.1, -0.05) is 25.8 Å². The minimum absolute atomic E-state index is 0.00368. The van der Waals surface area contributed by atoms with E-state index in [2.05, 4.69) is 17.6 Å². The monoisotopic (exact) mass is 276 g/mol. The molecule has 0 aromatic heterocycles. The van der Waals surface area contributed by atoms with Gasteiger partial charge in [0.2, 0.25) is 5.91 Å². The third-order valence-electron chi connectivity index (χ3n) is 3.99. The molecule has 0 aliphatic heterocycles. The first-order chi connectivity index (χ1) is 9.69. The Morgan fingerprint density at radius 3 is 2.90 bits per heavy atom. The van der Waals surface area contributed by atoms with Gasteiger partial charge < -0.3 is 15.4 Å². The highest BCUT2D eigenvalue weighted by atomic mass is 16.5. The Kier molecular flexibility index (Phi) is 5.41. The van der Waals surface area contributed by atoms with Crippen LogP contribution < -0.4 is 15.4 Å². The predicted molar refractivity (Wildman–Crippen MR) is 81.0 cm³/mol. The van der Waals surface area contributed by atoms with E-state index in [1.165, 1.54) is 25.7 Å². The summed E-state index contributed by atoms with van der Waals surface area (Å²) in [5.41, 5.74) is 0.771. The van der Waals surface area contributed by atoms with E-state index in [9.17, 15) is 4.79 Å². The Labute approximate surface area is 120 Å². The van der Waals surface area contributed by atoms with Crippen molar-refractivity contribution in [3.05, 3.63) is 24.3 Å². The molecule has 1 aromatic carbocycles. The summed E-state index contributed by atoms with van der Waals surface area (Å²) in [5.74, 6) is 1.40. The molecule has 1 fully saturated rings. The molecule has 0 bridgehead atoms. The minimum Gasteiger partial charge on any atom is -0.497 e. The number of methoxy groups -OCH3 is 1. The van der Waals surface area contributed by atoms with Crippen molar-refractivity contribution < 1.29 is 9.53 Å². The first-order valence-electron chi connectivity index (χ1n) is 7.36. The highest BCUT2D eigenvalue weighted by molar-refractivity contribution is 5.92. The number of ether oxygens (including phenoxy) is 1. The fraction of sp³-hybridized carbons (Fsp3) is 0.562. The smallest absolute Gasteiger partial charge is 0.238 e. The zero-order valence-corrected chi connectivity index (χ0v) is 12.3. The van der Waals surface area contributed by atoms with Crippen molar-refractivity contribution in [1.29, 1.82) is 0 Å².